The standard InChI is InChI=1S/C23H20ClFN4OS2/c24-19-13-17(25)8-9-20(19)26-22(30)15-32-23-28-27-21(14-18-7-4-12-31-18)29(23)11-10-16-5-2-1-3-6-16/h1-9,12-13H,10-11,14-15H2,(H,26,30). The van der Waals surface area contributed by atoms with Gasteiger partial charge in [0.25, 0.3) is 0 Å². The predicted molar refractivity (Wildman–Crippen MR) is 128 cm³/mol. The largest absolute Gasteiger partial charge is 0.324 e. The van der Waals surface area contributed by atoms with Crippen molar-refractivity contribution in [3.8, 4) is 0 Å². The number of nitrogens with one attached hydrogen (secondary N) is 1. The third kappa shape index (κ3) is 5.97. The van der Waals surface area contributed by atoms with Crippen LogP contribution in [0.2, 0.25) is 5.02 Å². The van der Waals surface area contributed by atoms with Crippen molar-refractivity contribution in [2.75, 3.05) is 11.1 Å². The van der Waals surface area contributed by atoms with Gasteiger partial charge in [0.2, 0.25) is 5.91 Å². The van der Waals surface area contributed by atoms with Crippen LogP contribution in [0.3, 0.4) is 0 Å². The molecule has 0 radical (unpaired) electrons. The summed E-state index contributed by atoms with van der Waals surface area (Å²) in [5.41, 5.74) is 1.60. The maximum Gasteiger partial charge on any atom is 0.234 e. The lowest BCUT2D eigenvalue weighted by Gasteiger charge is -2.11. The van der Waals surface area contributed by atoms with E-state index in [1.165, 1.54) is 40.4 Å². The molecule has 2 aromatic carbocycles. The van der Waals surface area contributed by atoms with E-state index in [2.05, 4.69) is 38.3 Å². The van der Waals surface area contributed by atoms with Crippen LogP contribution >= 0.6 is 34.7 Å². The van der Waals surface area contributed by atoms with Crippen LogP contribution in [0.1, 0.15) is 16.3 Å². The molecule has 1 N–H and O–H groups in total. The molecule has 2 heterocycles. The first-order valence-corrected chi connectivity index (χ1v) is 12.2. The van der Waals surface area contributed by atoms with Gasteiger partial charge in [-0.15, -0.1) is 21.5 Å². The summed E-state index contributed by atoms with van der Waals surface area (Å²) in [6.07, 6.45) is 1.53. The molecule has 0 saturated carbocycles. The van der Waals surface area contributed by atoms with Gasteiger partial charge in [0, 0.05) is 17.8 Å². The Balaban J connectivity index is 1.45. The molecule has 4 rings (SSSR count). The first-order chi connectivity index (χ1) is 15.6. The number of thioether (sulfide) groups is 1. The molecular formula is C23H20ClFN4OS2. The van der Waals surface area contributed by atoms with Crippen LogP contribution in [0.4, 0.5) is 10.1 Å². The van der Waals surface area contributed by atoms with Crippen LogP contribution in [0, 0.1) is 5.82 Å². The number of amides is 1. The Bertz CT molecular complexity index is 1180. The molecule has 9 heteroatoms. The summed E-state index contributed by atoms with van der Waals surface area (Å²) in [5, 5.41) is 14.3. The van der Waals surface area contributed by atoms with Crippen LogP contribution in [0.15, 0.2) is 71.2 Å². The van der Waals surface area contributed by atoms with E-state index < -0.39 is 5.82 Å². The summed E-state index contributed by atoms with van der Waals surface area (Å²) in [7, 11) is 0. The third-order valence-electron chi connectivity index (χ3n) is 4.71. The molecule has 0 spiro atoms. The van der Waals surface area contributed by atoms with Crippen LogP contribution in [-0.2, 0) is 24.2 Å². The second kappa shape index (κ2) is 10.8. The van der Waals surface area contributed by atoms with Crippen molar-refractivity contribution in [1.29, 1.82) is 0 Å². The Hall–Kier alpha value is -2.68. The number of halogens is 2. The number of benzene rings is 2. The summed E-state index contributed by atoms with van der Waals surface area (Å²) in [6.45, 7) is 0.714. The lowest BCUT2D eigenvalue weighted by molar-refractivity contribution is -0.113. The van der Waals surface area contributed by atoms with Gasteiger partial charge < -0.3 is 9.88 Å². The van der Waals surface area contributed by atoms with Gasteiger partial charge in [-0.2, -0.15) is 0 Å². The average molecular weight is 487 g/mol. The Morgan fingerprint density at radius 3 is 2.72 bits per heavy atom. The van der Waals surface area contributed by atoms with Crippen molar-refractivity contribution in [2.24, 2.45) is 0 Å². The number of aryl methyl sites for hydroxylation is 1. The highest BCUT2D eigenvalue weighted by Crippen LogP contribution is 2.24. The van der Waals surface area contributed by atoms with Gasteiger partial charge in [0.1, 0.15) is 11.6 Å². The van der Waals surface area contributed by atoms with Crippen LogP contribution in [0.5, 0.6) is 0 Å². The van der Waals surface area contributed by atoms with E-state index in [1.54, 1.807) is 11.3 Å². The molecule has 2 aromatic heterocycles. The number of hydrogen-bond acceptors (Lipinski definition) is 5. The zero-order chi connectivity index (χ0) is 22.3. The van der Waals surface area contributed by atoms with E-state index in [4.69, 9.17) is 11.6 Å². The molecule has 0 bridgehead atoms. The zero-order valence-corrected chi connectivity index (χ0v) is 19.4. The van der Waals surface area contributed by atoms with Crippen molar-refractivity contribution in [2.45, 2.75) is 24.5 Å². The molecular weight excluding hydrogens is 467 g/mol. The molecule has 0 aliphatic carbocycles. The average Bonchev–Trinajstić information content (AvgIpc) is 3.44. The number of rotatable bonds is 9. The predicted octanol–water partition coefficient (Wildman–Crippen LogP) is 5.70. The molecule has 1 amide bonds. The lowest BCUT2D eigenvalue weighted by Crippen LogP contribution is -2.15. The molecule has 32 heavy (non-hydrogen) atoms. The van der Waals surface area contributed by atoms with Gasteiger partial charge in [-0.25, -0.2) is 4.39 Å². The Kier molecular flexibility index (Phi) is 7.57. The minimum atomic E-state index is -0.452. The molecule has 0 saturated heterocycles. The summed E-state index contributed by atoms with van der Waals surface area (Å²) < 4.78 is 15.3. The second-order valence-corrected chi connectivity index (χ2v) is 9.39. The summed E-state index contributed by atoms with van der Waals surface area (Å²) >= 11 is 9.00. The molecule has 164 valence electrons. The lowest BCUT2D eigenvalue weighted by atomic mass is 10.1. The smallest absolute Gasteiger partial charge is 0.234 e. The van der Waals surface area contributed by atoms with Crippen LogP contribution in [0.25, 0.3) is 0 Å². The van der Waals surface area contributed by atoms with E-state index in [-0.39, 0.29) is 16.7 Å². The van der Waals surface area contributed by atoms with E-state index in [0.29, 0.717) is 23.8 Å². The number of carbonyl (C=O) groups excluding carboxylic acids is 1. The highest BCUT2D eigenvalue weighted by Gasteiger charge is 2.16. The molecule has 0 atom stereocenters. The van der Waals surface area contributed by atoms with Gasteiger partial charge in [-0.3, -0.25) is 4.79 Å². The quantitative estimate of drug-likeness (QED) is 0.308. The molecule has 0 fully saturated rings. The molecule has 0 aliphatic rings. The van der Waals surface area contributed by atoms with E-state index in [0.717, 1.165) is 12.2 Å². The number of aromatic nitrogens is 3. The summed E-state index contributed by atoms with van der Waals surface area (Å²) in [4.78, 5) is 13.6. The molecule has 4 aromatic rings. The van der Waals surface area contributed by atoms with Gasteiger partial charge in [-0.05, 0) is 41.6 Å². The monoisotopic (exact) mass is 486 g/mol. The fourth-order valence-corrected chi connectivity index (χ4v) is 4.84. The number of nitrogens with zero attached hydrogens (tertiary/aromatic N) is 3. The molecule has 5 nitrogen and oxygen atoms in total. The number of carbonyl (C=O) groups is 1. The zero-order valence-electron chi connectivity index (χ0n) is 17.0. The number of anilines is 1. The van der Waals surface area contributed by atoms with Gasteiger partial charge in [0.15, 0.2) is 5.16 Å². The van der Waals surface area contributed by atoms with E-state index in [9.17, 15) is 9.18 Å². The molecule has 0 unspecified atom stereocenters. The topological polar surface area (TPSA) is 59.8 Å². The van der Waals surface area contributed by atoms with Crippen molar-refractivity contribution in [3.05, 3.63) is 93.1 Å². The SMILES string of the molecule is O=C(CSc1nnc(Cc2cccs2)n1CCc1ccccc1)Nc1ccc(F)cc1Cl. The van der Waals surface area contributed by atoms with Gasteiger partial charge in [-0.1, -0.05) is 59.8 Å². The summed E-state index contributed by atoms with van der Waals surface area (Å²) in [5.74, 6) is 0.303. The first-order valence-electron chi connectivity index (χ1n) is 9.94. The van der Waals surface area contributed by atoms with Crippen molar-refractivity contribution >= 4 is 46.3 Å². The Morgan fingerprint density at radius 1 is 1.12 bits per heavy atom. The van der Waals surface area contributed by atoms with Crippen molar-refractivity contribution in [3.63, 3.8) is 0 Å². The maximum absolute atomic E-state index is 13.2. The fourth-order valence-electron chi connectivity index (χ4n) is 3.14. The van der Waals surface area contributed by atoms with Crippen molar-refractivity contribution < 1.29 is 9.18 Å². The number of hydrogen-bond donors (Lipinski definition) is 1. The number of thiophene rings is 1. The minimum absolute atomic E-state index is 0.135. The van der Waals surface area contributed by atoms with Crippen molar-refractivity contribution in [1.82, 2.24) is 14.8 Å². The molecule has 0 aliphatic heterocycles. The van der Waals surface area contributed by atoms with E-state index in [1.807, 2.05) is 29.6 Å². The first kappa shape index (κ1) is 22.5. The third-order valence-corrected chi connectivity index (χ3v) is 6.87. The maximum atomic E-state index is 13.2. The van der Waals surface area contributed by atoms with Gasteiger partial charge >= 0.3 is 0 Å². The van der Waals surface area contributed by atoms with E-state index >= 15 is 0 Å². The fraction of sp³-hybridized carbons (Fsp3) is 0.174. The summed E-state index contributed by atoms with van der Waals surface area (Å²) in [6, 6.07) is 18.2. The highest BCUT2D eigenvalue weighted by atomic mass is 35.5. The Labute approximate surface area is 198 Å². The highest BCUT2D eigenvalue weighted by molar-refractivity contribution is 7.99. The Morgan fingerprint density at radius 2 is 1.97 bits per heavy atom. The van der Waals surface area contributed by atoms with Crippen LogP contribution in [-0.4, -0.2) is 26.4 Å². The van der Waals surface area contributed by atoms with Gasteiger partial charge in [0.05, 0.1) is 16.5 Å². The minimum Gasteiger partial charge on any atom is -0.324 e. The normalized spacial score (nSPS) is 10.9. The van der Waals surface area contributed by atoms with Crippen LogP contribution < -0.4 is 5.32 Å². The second-order valence-electron chi connectivity index (χ2n) is 7.00.